The summed E-state index contributed by atoms with van der Waals surface area (Å²) < 4.78 is 17.4. The molecule has 1 atom stereocenters. The molecule has 1 aliphatic rings. The minimum atomic E-state index is -0.738. The van der Waals surface area contributed by atoms with Gasteiger partial charge in [0.2, 0.25) is 5.76 Å². The van der Waals surface area contributed by atoms with Crippen molar-refractivity contribution in [3.63, 3.8) is 0 Å². The van der Waals surface area contributed by atoms with E-state index in [1.54, 1.807) is 36.3 Å². The highest BCUT2D eigenvalue weighted by atomic mass is 35.5. The maximum atomic E-state index is 13.9. The Bertz CT molecular complexity index is 1590. The number of amides is 1. The fourth-order valence-corrected chi connectivity index (χ4v) is 4.85. The largest absolute Gasteiger partial charge is 0.493 e. The van der Waals surface area contributed by atoms with Crippen LogP contribution in [0.2, 0.25) is 5.02 Å². The summed E-state index contributed by atoms with van der Waals surface area (Å²) in [5.41, 5.74) is 4.54. The van der Waals surface area contributed by atoms with Gasteiger partial charge in [0.05, 0.1) is 30.7 Å². The van der Waals surface area contributed by atoms with Crippen molar-refractivity contribution in [1.29, 1.82) is 0 Å². The van der Waals surface area contributed by atoms with Gasteiger partial charge in [-0.2, -0.15) is 0 Å². The number of benzene rings is 3. The van der Waals surface area contributed by atoms with E-state index in [1.165, 1.54) is 0 Å². The zero-order valence-corrected chi connectivity index (χ0v) is 21.5. The van der Waals surface area contributed by atoms with Gasteiger partial charge >= 0.3 is 0 Å². The van der Waals surface area contributed by atoms with Crippen LogP contribution in [0.15, 0.2) is 57.7 Å². The van der Waals surface area contributed by atoms with Gasteiger partial charge in [-0.1, -0.05) is 23.7 Å². The lowest BCUT2D eigenvalue weighted by molar-refractivity contribution is 0.0971. The molecule has 0 fully saturated rings. The van der Waals surface area contributed by atoms with Crippen molar-refractivity contribution < 1.29 is 18.7 Å². The highest BCUT2D eigenvalue weighted by Crippen LogP contribution is 2.44. The number of nitrogens with zero attached hydrogens (tertiary/aromatic N) is 1. The molecule has 3 aromatic carbocycles. The fraction of sp³-hybridized carbons (Fsp3) is 0.241. The Morgan fingerprint density at radius 3 is 2.39 bits per heavy atom. The topological polar surface area (TPSA) is 69.0 Å². The number of carbonyl (C=O) groups excluding carboxylic acids is 1. The zero-order chi connectivity index (χ0) is 25.7. The van der Waals surface area contributed by atoms with E-state index in [1.807, 2.05) is 52.0 Å². The minimum Gasteiger partial charge on any atom is -0.493 e. The molecular formula is C29H26ClNO5. The summed E-state index contributed by atoms with van der Waals surface area (Å²) in [5, 5.41) is 0.964. The first-order valence-corrected chi connectivity index (χ1v) is 12.1. The average molecular weight is 504 g/mol. The van der Waals surface area contributed by atoms with Crippen molar-refractivity contribution >= 4 is 34.2 Å². The molecule has 1 aromatic heterocycles. The highest BCUT2D eigenvalue weighted by Gasteiger charge is 2.44. The summed E-state index contributed by atoms with van der Waals surface area (Å²) in [6, 6.07) is 13.7. The van der Waals surface area contributed by atoms with E-state index in [4.69, 9.17) is 25.5 Å². The molecule has 7 heteroatoms. The van der Waals surface area contributed by atoms with Crippen LogP contribution in [-0.4, -0.2) is 19.6 Å². The van der Waals surface area contributed by atoms with E-state index in [0.29, 0.717) is 50.9 Å². The Hall–Kier alpha value is -3.77. The number of fused-ring (bicyclic) bond motifs is 2. The maximum absolute atomic E-state index is 13.9. The number of hydrogen-bond donors (Lipinski definition) is 0. The van der Waals surface area contributed by atoms with Crippen LogP contribution in [0.25, 0.3) is 11.0 Å². The van der Waals surface area contributed by atoms with Crippen molar-refractivity contribution in [2.24, 2.45) is 0 Å². The summed E-state index contributed by atoms with van der Waals surface area (Å²) in [6.45, 7) is 8.15. The second-order valence-electron chi connectivity index (χ2n) is 8.96. The molecule has 0 saturated carbocycles. The Morgan fingerprint density at radius 1 is 0.944 bits per heavy atom. The monoisotopic (exact) mass is 503 g/mol. The Kier molecular flexibility index (Phi) is 6.00. The van der Waals surface area contributed by atoms with E-state index in [-0.39, 0.29) is 11.2 Å². The fourth-order valence-electron chi connectivity index (χ4n) is 4.67. The van der Waals surface area contributed by atoms with Crippen LogP contribution in [0, 0.1) is 20.8 Å². The maximum Gasteiger partial charge on any atom is 0.295 e. The van der Waals surface area contributed by atoms with Gasteiger partial charge in [0.1, 0.15) is 5.58 Å². The van der Waals surface area contributed by atoms with Gasteiger partial charge in [0.15, 0.2) is 16.9 Å². The molecule has 0 saturated heterocycles. The molecule has 0 radical (unpaired) electrons. The SMILES string of the molecule is CCOc1ccc(C2c3c(oc4cc(C)c(C)cc4c3=O)C(=O)N2c2ccc(C)c(Cl)c2)cc1OC. The number of carbonyl (C=O) groups is 1. The molecule has 4 aromatic rings. The summed E-state index contributed by atoms with van der Waals surface area (Å²) in [4.78, 5) is 29.3. The first-order chi connectivity index (χ1) is 17.2. The molecule has 0 aliphatic carbocycles. The normalized spacial score (nSPS) is 14.9. The molecule has 5 rings (SSSR count). The quantitative estimate of drug-likeness (QED) is 0.310. The van der Waals surface area contributed by atoms with Gasteiger partial charge in [0.25, 0.3) is 5.91 Å². The van der Waals surface area contributed by atoms with Crippen molar-refractivity contribution in [2.75, 3.05) is 18.6 Å². The predicted molar refractivity (Wildman–Crippen MR) is 141 cm³/mol. The van der Waals surface area contributed by atoms with Crippen LogP contribution in [0.4, 0.5) is 5.69 Å². The number of halogens is 1. The van der Waals surface area contributed by atoms with Crippen LogP contribution in [0.3, 0.4) is 0 Å². The summed E-state index contributed by atoms with van der Waals surface area (Å²) in [6.07, 6.45) is 0. The minimum absolute atomic E-state index is 0.0327. The van der Waals surface area contributed by atoms with Crippen molar-refractivity contribution in [1.82, 2.24) is 0 Å². The number of hydrogen-bond acceptors (Lipinski definition) is 5. The van der Waals surface area contributed by atoms with E-state index < -0.39 is 11.9 Å². The van der Waals surface area contributed by atoms with Crippen molar-refractivity contribution in [3.05, 3.63) is 97.4 Å². The van der Waals surface area contributed by atoms with Gasteiger partial charge in [-0.25, -0.2) is 0 Å². The van der Waals surface area contributed by atoms with Gasteiger partial charge in [-0.05, 0) is 86.3 Å². The van der Waals surface area contributed by atoms with Crippen LogP contribution in [0.1, 0.15) is 51.3 Å². The van der Waals surface area contributed by atoms with Crippen LogP contribution >= 0.6 is 11.6 Å². The Balaban J connectivity index is 1.80. The number of anilines is 1. The third kappa shape index (κ3) is 3.73. The van der Waals surface area contributed by atoms with E-state index >= 15 is 0 Å². The van der Waals surface area contributed by atoms with E-state index in [9.17, 15) is 9.59 Å². The van der Waals surface area contributed by atoms with Gasteiger partial charge in [-0.3, -0.25) is 14.5 Å². The summed E-state index contributed by atoms with van der Waals surface area (Å²) >= 11 is 6.44. The number of methoxy groups -OCH3 is 1. The highest BCUT2D eigenvalue weighted by molar-refractivity contribution is 6.31. The van der Waals surface area contributed by atoms with Gasteiger partial charge in [0, 0.05) is 10.7 Å². The molecule has 1 aliphatic heterocycles. The lowest BCUT2D eigenvalue weighted by Crippen LogP contribution is -2.29. The Labute approximate surface area is 214 Å². The first-order valence-electron chi connectivity index (χ1n) is 11.7. The third-order valence-corrected chi connectivity index (χ3v) is 7.13. The van der Waals surface area contributed by atoms with Crippen LogP contribution in [-0.2, 0) is 0 Å². The molecule has 0 bridgehead atoms. The van der Waals surface area contributed by atoms with Gasteiger partial charge in [-0.15, -0.1) is 0 Å². The van der Waals surface area contributed by atoms with Crippen LogP contribution < -0.4 is 19.8 Å². The second kappa shape index (κ2) is 9.03. The number of rotatable bonds is 5. The summed E-state index contributed by atoms with van der Waals surface area (Å²) in [5.74, 6) is 0.717. The molecule has 1 amide bonds. The van der Waals surface area contributed by atoms with Crippen LogP contribution in [0.5, 0.6) is 11.5 Å². The molecule has 1 unspecified atom stereocenters. The molecule has 36 heavy (non-hydrogen) atoms. The summed E-state index contributed by atoms with van der Waals surface area (Å²) in [7, 11) is 1.56. The van der Waals surface area contributed by atoms with E-state index in [0.717, 1.165) is 16.7 Å². The van der Waals surface area contributed by atoms with Crippen molar-refractivity contribution in [3.8, 4) is 11.5 Å². The van der Waals surface area contributed by atoms with E-state index in [2.05, 4.69) is 0 Å². The molecule has 2 heterocycles. The standard InChI is InChI=1S/C29H26ClNO5/c1-6-35-22-10-8-18(13-24(22)34-5)26-25-27(32)20-11-16(3)17(4)12-23(20)36-28(25)29(33)31(26)19-9-7-15(2)21(30)14-19/h7-14,26H,6H2,1-5H3. The Morgan fingerprint density at radius 2 is 1.69 bits per heavy atom. The second-order valence-corrected chi connectivity index (χ2v) is 9.37. The number of ether oxygens (including phenoxy) is 2. The third-order valence-electron chi connectivity index (χ3n) is 6.72. The lowest BCUT2D eigenvalue weighted by atomic mass is 9.96. The average Bonchev–Trinajstić information content (AvgIpc) is 3.15. The molecule has 0 spiro atoms. The number of aryl methyl sites for hydroxylation is 3. The molecule has 6 nitrogen and oxygen atoms in total. The molecule has 184 valence electrons. The van der Waals surface area contributed by atoms with Gasteiger partial charge < -0.3 is 13.9 Å². The zero-order valence-electron chi connectivity index (χ0n) is 20.8. The smallest absolute Gasteiger partial charge is 0.295 e. The first kappa shape index (κ1) is 23.9. The lowest BCUT2D eigenvalue weighted by Gasteiger charge is -2.26. The molecular weight excluding hydrogens is 478 g/mol. The predicted octanol–water partition coefficient (Wildman–Crippen LogP) is 6.53. The van der Waals surface area contributed by atoms with Crippen molar-refractivity contribution in [2.45, 2.75) is 33.7 Å². The molecule has 0 N–H and O–H groups in total.